The second kappa shape index (κ2) is 7.94. The van der Waals surface area contributed by atoms with Crippen LogP contribution in [0.25, 0.3) is 16.7 Å². The lowest BCUT2D eigenvalue weighted by atomic mass is 9.91. The topological polar surface area (TPSA) is 64.6 Å². The van der Waals surface area contributed by atoms with Gasteiger partial charge in [-0.3, -0.25) is 0 Å². The van der Waals surface area contributed by atoms with Gasteiger partial charge >= 0.3 is 12.1 Å². The molecule has 0 unspecified atom stereocenters. The molecule has 6 heteroatoms. The molecule has 1 spiro atoms. The van der Waals surface area contributed by atoms with Crippen molar-refractivity contribution in [2.24, 2.45) is 0 Å². The van der Waals surface area contributed by atoms with E-state index in [1.54, 1.807) is 13.0 Å². The fourth-order valence-corrected chi connectivity index (χ4v) is 4.26. The summed E-state index contributed by atoms with van der Waals surface area (Å²) >= 11 is 0. The van der Waals surface area contributed by atoms with Crippen LogP contribution in [-0.4, -0.2) is 24.2 Å². The minimum absolute atomic E-state index is 0.277. The number of esters is 1. The zero-order chi connectivity index (χ0) is 21.3. The molecule has 1 aliphatic carbocycles. The summed E-state index contributed by atoms with van der Waals surface area (Å²) < 4.78 is 25.2. The van der Waals surface area contributed by atoms with Crippen LogP contribution in [0.5, 0.6) is 0 Å². The number of ether oxygens (including phenoxy) is 2. The maximum Gasteiger partial charge on any atom is 0.412 e. The van der Waals surface area contributed by atoms with E-state index in [4.69, 9.17) is 9.47 Å². The van der Waals surface area contributed by atoms with E-state index >= 15 is 0 Å². The molecular formula is C24H24FNO4. The SMILES string of the molecule is CCNC(=O)OC1=C(c2cc(-c3cccc(F)c3)ccc2C)C(=O)OC12CCCC2. The molecule has 30 heavy (non-hydrogen) atoms. The molecule has 0 bridgehead atoms. The number of halogens is 1. The molecule has 4 rings (SSSR count). The Morgan fingerprint density at radius 3 is 2.60 bits per heavy atom. The van der Waals surface area contributed by atoms with E-state index in [1.165, 1.54) is 12.1 Å². The van der Waals surface area contributed by atoms with E-state index in [0.717, 1.165) is 24.0 Å². The van der Waals surface area contributed by atoms with E-state index in [-0.39, 0.29) is 17.1 Å². The second-order valence-electron chi connectivity index (χ2n) is 7.75. The van der Waals surface area contributed by atoms with E-state index in [0.29, 0.717) is 30.5 Å². The highest BCUT2D eigenvalue weighted by atomic mass is 19.1. The van der Waals surface area contributed by atoms with Crippen molar-refractivity contribution in [2.75, 3.05) is 6.54 Å². The number of benzene rings is 2. The van der Waals surface area contributed by atoms with Crippen LogP contribution in [0.4, 0.5) is 9.18 Å². The molecule has 1 heterocycles. The lowest BCUT2D eigenvalue weighted by Gasteiger charge is -2.24. The van der Waals surface area contributed by atoms with E-state index in [1.807, 2.05) is 31.2 Å². The smallest absolute Gasteiger partial charge is 0.412 e. The second-order valence-corrected chi connectivity index (χ2v) is 7.75. The first-order chi connectivity index (χ1) is 14.4. The lowest BCUT2D eigenvalue weighted by Crippen LogP contribution is -2.33. The summed E-state index contributed by atoms with van der Waals surface area (Å²) in [6, 6.07) is 11.9. The van der Waals surface area contributed by atoms with Crippen molar-refractivity contribution >= 4 is 17.6 Å². The van der Waals surface area contributed by atoms with Crippen LogP contribution >= 0.6 is 0 Å². The summed E-state index contributed by atoms with van der Waals surface area (Å²) in [6.07, 6.45) is 2.43. The van der Waals surface area contributed by atoms with Crippen molar-refractivity contribution in [3.05, 3.63) is 65.2 Å². The minimum Gasteiger partial charge on any atom is -0.447 e. The highest BCUT2D eigenvalue weighted by Crippen LogP contribution is 2.49. The molecule has 0 atom stereocenters. The molecule has 5 nitrogen and oxygen atoms in total. The molecule has 156 valence electrons. The molecular weight excluding hydrogens is 385 g/mol. The van der Waals surface area contributed by atoms with Gasteiger partial charge in [0.15, 0.2) is 11.4 Å². The Balaban J connectivity index is 1.85. The van der Waals surface area contributed by atoms with Gasteiger partial charge in [-0.05, 0) is 80.0 Å². The summed E-state index contributed by atoms with van der Waals surface area (Å²) in [5, 5.41) is 2.62. The normalized spacial score (nSPS) is 17.4. The third-order valence-corrected chi connectivity index (χ3v) is 5.73. The standard InChI is InChI=1S/C24H24FNO4/c1-3-26-23(28)29-21-20(22(27)30-24(21)11-4-5-12-24)19-14-17(10-9-15(19)2)16-7-6-8-18(25)13-16/h6-10,13-14H,3-5,11-12H2,1-2H3,(H,26,28). The molecule has 1 N–H and O–H groups in total. The van der Waals surface area contributed by atoms with E-state index in [9.17, 15) is 14.0 Å². The zero-order valence-electron chi connectivity index (χ0n) is 17.1. The summed E-state index contributed by atoms with van der Waals surface area (Å²) in [5.41, 5.74) is 2.32. The third-order valence-electron chi connectivity index (χ3n) is 5.73. The van der Waals surface area contributed by atoms with Crippen LogP contribution in [0.1, 0.15) is 43.7 Å². The lowest BCUT2D eigenvalue weighted by molar-refractivity contribution is -0.146. The highest BCUT2D eigenvalue weighted by Gasteiger charge is 2.52. The first kappa shape index (κ1) is 20.1. The van der Waals surface area contributed by atoms with Gasteiger partial charge in [0.1, 0.15) is 11.4 Å². The third kappa shape index (κ3) is 3.58. The average Bonchev–Trinajstić information content (AvgIpc) is 3.28. The Morgan fingerprint density at radius 1 is 1.17 bits per heavy atom. The first-order valence-corrected chi connectivity index (χ1v) is 10.2. The molecule has 1 fully saturated rings. The summed E-state index contributed by atoms with van der Waals surface area (Å²) in [7, 11) is 0. The Bertz CT molecular complexity index is 1040. The molecule has 0 aromatic heterocycles. The molecule has 2 aromatic carbocycles. The van der Waals surface area contributed by atoms with Crippen LogP contribution in [0.3, 0.4) is 0 Å². The van der Waals surface area contributed by atoms with Crippen molar-refractivity contribution in [2.45, 2.75) is 45.1 Å². The van der Waals surface area contributed by atoms with Gasteiger partial charge in [0.2, 0.25) is 0 Å². The molecule has 1 amide bonds. The van der Waals surface area contributed by atoms with Crippen LogP contribution in [0, 0.1) is 12.7 Å². The van der Waals surface area contributed by atoms with Gasteiger partial charge in [0, 0.05) is 6.54 Å². The van der Waals surface area contributed by atoms with Gasteiger partial charge in [0.25, 0.3) is 0 Å². The molecule has 1 aliphatic heterocycles. The quantitative estimate of drug-likeness (QED) is 0.711. The van der Waals surface area contributed by atoms with Crippen molar-refractivity contribution in [3.8, 4) is 11.1 Å². The van der Waals surface area contributed by atoms with Crippen LogP contribution < -0.4 is 5.32 Å². The van der Waals surface area contributed by atoms with Gasteiger partial charge in [0.05, 0.1) is 0 Å². The van der Waals surface area contributed by atoms with Gasteiger partial charge in [-0.15, -0.1) is 0 Å². The highest BCUT2D eigenvalue weighted by molar-refractivity contribution is 6.20. The average molecular weight is 409 g/mol. The summed E-state index contributed by atoms with van der Waals surface area (Å²) in [5.74, 6) is -0.537. The monoisotopic (exact) mass is 409 g/mol. The number of hydrogen-bond donors (Lipinski definition) is 1. The minimum atomic E-state index is -0.890. The van der Waals surface area contributed by atoms with Crippen molar-refractivity contribution in [1.82, 2.24) is 5.32 Å². The van der Waals surface area contributed by atoms with Crippen LogP contribution in [0.2, 0.25) is 0 Å². The van der Waals surface area contributed by atoms with E-state index < -0.39 is 17.7 Å². The van der Waals surface area contributed by atoms with Crippen molar-refractivity contribution in [3.63, 3.8) is 0 Å². The maximum atomic E-state index is 13.7. The van der Waals surface area contributed by atoms with Crippen molar-refractivity contribution in [1.29, 1.82) is 0 Å². The number of carbonyl (C=O) groups is 2. The summed E-state index contributed by atoms with van der Waals surface area (Å²) in [6.45, 7) is 4.09. The molecule has 0 saturated heterocycles. The zero-order valence-corrected chi connectivity index (χ0v) is 17.1. The molecule has 2 aromatic rings. The van der Waals surface area contributed by atoms with Crippen LogP contribution in [0.15, 0.2) is 48.2 Å². The molecule has 2 aliphatic rings. The number of nitrogens with one attached hydrogen (secondary N) is 1. The number of hydrogen-bond acceptors (Lipinski definition) is 4. The predicted octanol–water partition coefficient (Wildman–Crippen LogP) is 5.13. The fraction of sp³-hybridized carbons (Fsp3) is 0.333. The Labute approximate surface area is 174 Å². The van der Waals surface area contributed by atoms with E-state index in [2.05, 4.69) is 5.32 Å². The Hall–Kier alpha value is -3.15. The Morgan fingerprint density at radius 2 is 1.90 bits per heavy atom. The van der Waals surface area contributed by atoms with Gasteiger partial charge in [-0.1, -0.05) is 24.3 Å². The van der Waals surface area contributed by atoms with Crippen molar-refractivity contribution < 1.29 is 23.5 Å². The number of amides is 1. The molecule has 0 radical (unpaired) electrons. The van der Waals surface area contributed by atoms with Gasteiger partial charge in [-0.25, -0.2) is 14.0 Å². The van der Waals surface area contributed by atoms with Gasteiger partial charge < -0.3 is 14.8 Å². The Kier molecular flexibility index (Phi) is 5.33. The number of rotatable bonds is 4. The summed E-state index contributed by atoms with van der Waals surface area (Å²) in [4.78, 5) is 25.2. The maximum absolute atomic E-state index is 13.7. The molecule has 1 saturated carbocycles. The predicted molar refractivity (Wildman–Crippen MR) is 111 cm³/mol. The number of alkyl carbamates (subject to hydrolysis) is 1. The fourth-order valence-electron chi connectivity index (χ4n) is 4.26. The number of carbonyl (C=O) groups excluding carboxylic acids is 2. The van der Waals surface area contributed by atoms with Crippen LogP contribution in [-0.2, 0) is 14.3 Å². The first-order valence-electron chi connectivity index (χ1n) is 10.2. The number of aryl methyl sites for hydroxylation is 1. The van der Waals surface area contributed by atoms with Gasteiger partial charge in [-0.2, -0.15) is 0 Å². The largest absolute Gasteiger partial charge is 0.447 e.